The Morgan fingerprint density at radius 3 is 2.53 bits per heavy atom. The van der Waals surface area contributed by atoms with E-state index < -0.39 is 10.0 Å². The molecule has 0 radical (unpaired) electrons. The zero-order chi connectivity index (χ0) is 13.9. The number of hydrazine groups is 1. The summed E-state index contributed by atoms with van der Waals surface area (Å²) in [5, 5.41) is 3.57. The van der Waals surface area contributed by atoms with Gasteiger partial charge in [-0.05, 0) is 31.2 Å². The van der Waals surface area contributed by atoms with Crippen LogP contribution in [-0.2, 0) is 16.6 Å². The molecule has 0 saturated carbocycles. The molecule has 2 rings (SSSR count). The highest BCUT2D eigenvalue weighted by molar-refractivity contribution is 7.89. The van der Waals surface area contributed by atoms with E-state index in [1.165, 1.54) is 12.1 Å². The van der Waals surface area contributed by atoms with Crippen molar-refractivity contribution in [3.63, 3.8) is 0 Å². The molecule has 0 amide bonds. The molecule has 0 aliphatic carbocycles. The van der Waals surface area contributed by atoms with Crippen molar-refractivity contribution < 1.29 is 12.9 Å². The molecule has 4 N–H and O–H groups in total. The van der Waals surface area contributed by atoms with Gasteiger partial charge in [0.1, 0.15) is 0 Å². The predicted molar refractivity (Wildman–Crippen MR) is 67.3 cm³/mol. The molecular formula is C10H13N5O3S. The maximum atomic E-state index is 12.0. The molecule has 0 saturated heterocycles. The number of anilines is 1. The van der Waals surface area contributed by atoms with Gasteiger partial charge in [-0.15, -0.1) is 0 Å². The summed E-state index contributed by atoms with van der Waals surface area (Å²) in [5.74, 6) is 5.86. The maximum absolute atomic E-state index is 12.0. The molecule has 1 aromatic heterocycles. The number of hydrogen-bond donors (Lipinski definition) is 3. The molecule has 0 aliphatic heterocycles. The van der Waals surface area contributed by atoms with Crippen molar-refractivity contribution in [1.29, 1.82) is 0 Å². The van der Waals surface area contributed by atoms with Gasteiger partial charge >= 0.3 is 0 Å². The molecule has 9 heteroatoms. The van der Waals surface area contributed by atoms with Crippen LogP contribution in [0.5, 0.6) is 0 Å². The van der Waals surface area contributed by atoms with E-state index in [4.69, 9.17) is 10.4 Å². The quantitative estimate of drug-likeness (QED) is 0.527. The van der Waals surface area contributed by atoms with Crippen LogP contribution in [0.15, 0.2) is 33.7 Å². The van der Waals surface area contributed by atoms with E-state index in [9.17, 15) is 8.42 Å². The third-order valence-corrected chi connectivity index (χ3v) is 3.73. The van der Waals surface area contributed by atoms with Gasteiger partial charge in [-0.3, -0.25) is 5.84 Å². The minimum atomic E-state index is -3.62. The van der Waals surface area contributed by atoms with E-state index in [-0.39, 0.29) is 17.3 Å². The van der Waals surface area contributed by atoms with Crippen molar-refractivity contribution in [2.45, 2.75) is 18.4 Å². The largest absolute Gasteiger partial charge is 0.338 e. The summed E-state index contributed by atoms with van der Waals surface area (Å²) < 4.78 is 31.1. The van der Waals surface area contributed by atoms with Gasteiger partial charge in [0.05, 0.1) is 11.4 Å². The molecule has 0 aliphatic rings. The topological polar surface area (TPSA) is 123 Å². The maximum Gasteiger partial charge on any atom is 0.241 e. The summed E-state index contributed by atoms with van der Waals surface area (Å²) in [6.45, 7) is 1.60. The van der Waals surface area contributed by atoms with Crippen molar-refractivity contribution in [3.8, 4) is 0 Å². The van der Waals surface area contributed by atoms with Crippen molar-refractivity contribution in [1.82, 2.24) is 14.9 Å². The molecule has 0 fully saturated rings. The highest BCUT2D eigenvalue weighted by atomic mass is 32.2. The highest BCUT2D eigenvalue weighted by Gasteiger charge is 2.15. The van der Waals surface area contributed by atoms with Crippen molar-refractivity contribution in [2.24, 2.45) is 5.84 Å². The van der Waals surface area contributed by atoms with E-state index in [1.54, 1.807) is 19.1 Å². The summed E-state index contributed by atoms with van der Waals surface area (Å²) in [4.78, 5) is 4.03. The van der Waals surface area contributed by atoms with E-state index in [0.29, 0.717) is 11.5 Å². The van der Waals surface area contributed by atoms with Crippen molar-refractivity contribution in [3.05, 3.63) is 36.0 Å². The number of nitrogens with one attached hydrogen (secondary N) is 2. The number of nitrogens with two attached hydrogens (primary N) is 1. The molecule has 1 aromatic carbocycles. The molecule has 0 bridgehead atoms. The van der Waals surface area contributed by atoms with Crippen LogP contribution in [0, 0.1) is 6.92 Å². The van der Waals surface area contributed by atoms with Crippen LogP contribution in [0.4, 0.5) is 5.69 Å². The van der Waals surface area contributed by atoms with Gasteiger partial charge < -0.3 is 9.95 Å². The van der Waals surface area contributed by atoms with E-state index in [2.05, 4.69) is 20.3 Å². The van der Waals surface area contributed by atoms with Crippen LogP contribution in [0.1, 0.15) is 11.7 Å². The molecule has 0 spiro atoms. The van der Waals surface area contributed by atoms with Crippen molar-refractivity contribution >= 4 is 15.7 Å². The number of benzene rings is 1. The number of sulfonamides is 1. The molecule has 8 nitrogen and oxygen atoms in total. The SMILES string of the molecule is Cc1noc(CNS(=O)(=O)c2ccc(NN)cc2)n1. The first-order valence-corrected chi connectivity index (χ1v) is 6.85. The number of nitrogen functional groups attached to an aromatic ring is 1. The second-order valence-electron chi connectivity index (χ2n) is 3.73. The third kappa shape index (κ3) is 3.28. The average molecular weight is 283 g/mol. The number of nitrogens with zero attached hydrogens (tertiary/aromatic N) is 2. The fourth-order valence-electron chi connectivity index (χ4n) is 1.38. The first kappa shape index (κ1) is 13.5. The fraction of sp³-hybridized carbons (Fsp3) is 0.200. The monoisotopic (exact) mass is 283 g/mol. The molecule has 102 valence electrons. The Balaban J connectivity index is 2.09. The molecule has 2 aromatic rings. The van der Waals surface area contributed by atoms with Gasteiger partial charge in [-0.2, -0.15) is 4.98 Å². The summed E-state index contributed by atoms with van der Waals surface area (Å²) >= 11 is 0. The number of hydrogen-bond acceptors (Lipinski definition) is 7. The van der Waals surface area contributed by atoms with Crippen LogP contribution in [-0.4, -0.2) is 18.6 Å². The smallest absolute Gasteiger partial charge is 0.241 e. The standard InChI is InChI=1S/C10H13N5O3S/c1-7-13-10(18-15-7)6-12-19(16,17)9-4-2-8(14-11)3-5-9/h2-5,12,14H,6,11H2,1H3. The fourth-order valence-corrected chi connectivity index (χ4v) is 2.36. The predicted octanol–water partition coefficient (Wildman–Crippen LogP) is 0.142. The Labute approximate surface area is 110 Å². The van der Waals surface area contributed by atoms with E-state index in [1.807, 2.05) is 0 Å². The Bertz CT molecular complexity index is 650. The second kappa shape index (κ2) is 5.34. The van der Waals surface area contributed by atoms with Crippen LogP contribution in [0.3, 0.4) is 0 Å². The molecular weight excluding hydrogens is 270 g/mol. The lowest BCUT2D eigenvalue weighted by Crippen LogP contribution is -2.23. The zero-order valence-electron chi connectivity index (χ0n) is 10.1. The lowest BCUT2D eigenvalue weighted by Gasteiger charge is -2.05. The summed E-state index contributed by atoms with van der Waals surface area (Å²) in [7, 11) is -3.62. The van der Waals surface area contributed by atoms with E-state index in [0.717, 1.165) is 0 Å². The summed E-state index contributed by atoms with van der Waals surface area (Å²) in [6.07, 6.45) is 0. The zero-order valence-corrected chi connectivity index (χ0v) is 10.9. The Kier molecular flexibility index (Phi) is 3.79. The van der Waals surface area contributed by atoms with Crippen LogP contribution >= 0.6 is 0 Å². The Hall–Kier alpha value is -1.97. The molecule has 0 atom stereocenters. The Morgan fingerprint density at radius 2 is 2.00 bits per heavy atom. The lowest BCUT2D eigenvalue weighted by molar-refractivity contribution is 0.372. The van der Waals surface area contributed by atoms with Crippen molar-refractivity contribution in [2.75, 3.05) is 5.43 Å². The minimum absolute atomic E-state index is 0.0555. The number of rotatable bonds is 5. The first-order valence-electron chi connectivity index (χ1n) is 5.37. The molecule has 0 unspecified atom stereocenters. The third-order valence-electron chi connectivity index (χ3n) is 2.31. The van der Waals surface area contributed by atoms with Gasteiger partial charge in [0, 0.05) is 5.69 Å². The van der Waals surface area contributed by atoms with Crippen LogP contribution < -0.4 is 16.0 Å². The van der Waals surface area contributed by atoms with Gasteiger partial charge in [0.25, 0.3) is 0 Å². The van der Waals surface area contributed by atoms with Crippen LogP contribution in [0.2, 0.25) is 0 Å². The first-order chi connectivity index (χ1) is 9.01. The average Bonchev–Trinajstić information content (AvgIpc) is 2.82. The normalized spacial score (nSPS) is 11.5. The molecule has 1 heterocycles. The Morgan fingerprint density at radius 1 is 1.32 bits per heavy atom. The van der Waals surface area contributed by atoms with Gasteiger partial charge in [-0.1, -0.05) is 5.16 Å². The molecule has 19 heavy (non-hydrogen) atoms. The lowest BCUT2D eigenvalue weighted by atomic mass is 10.3. The van der Waals surface area contributed by atoms with Gasteiger partial charge in [0.2, 0.25) is 15.9 Å². The van der Waals surface area contributed by atoms with Gasteiger partial charge in [0.15, 0.2) is 5.82 Å². The van der Waals surface area contributed by atoms with Crippen LogP contribution in [0.25, 0.3) is 0 Å². The van der Waals surface area contributed by atoms with E-state index >= 15 is 0 Å². The number of aromatic nitrogens is 2. The van der Waals surface area contributed by atoms with Gasteiger partial charge in [-0.25, -0.2) is 13.1 Å². The minimum Gasteiger partial charge on any atom is -0.338 e. The summed E-state index contributed by atoms with van der Waals surface area (Å²) in [5.41, 5.74) is 3.03. The summed E-state index contributed by atoms with van der Waals surface area (Å²) in [6, 6.07) is 6.00. The second-order valence-corrected chi connectivity index (χ2v) is 5.50. The highest BCUT2D eigenvalue weighted by Crippen LogP contribution is 2.13. The number of aryl methyl sites for hydroxylation is 1.